The lowest BCUT2D eigenvalue weighted by atomic mass is 10.1. The molecule has 64 valence electrons. The van der Waals surface area contributed by atoms with Gasteiger partial charge in [-0.05, 0) is 19.3 Å². The molecule has 1 saturated carbocycles. The van der Waals surface area contributed by atoms with Gasteiger partial charge in [0.15, 0.2) is 0 Å². The summed E-state index contributed by atoms with van der Waals surface area (Å²) in [6, 6.07) is 0. The first-order valence-electron chi connectivity index (χ1n) is 3.56. The second-order valence-electron chi connectivity index (χ2n) is 2.95. The molecule has 0 aliphatic heterocycles. The molecule has 0 aromatic heterocycles. The molecule has 0 aromatic rings. The number of aldehydes is 1. The Morgan fingerprint density at radius 2 is 1.91 bits per heavy atom. The van der Waals surface area contributed by atoms with Crippen molar-refractivity contribution in [2.45, 2.75) is 25.4 Å². The van der Waals surface area contributed by atoms with Crippen LogP contribution in [0, 0.1) is 11.8 Å². The van der Waals surface area contributed by atoms with Crippen LogP contribution in [0.25, 0.3) is 0 Å². The Morgan fingerprint density at radius 1 is 1.27 bits per heavy atom. The zero-order valence-corrected chi connectivity index (χ0v) is 5.90. The van der Waals surface area contributed by atoms with E-state index in [-0.39, 0.29) is 18.8 Å². The van der Waals surface area contributed by atoms with Crippen molar-refractivity contribution in [2.75, 3.05) is 0 Å². The number of carbonyl (C=O) groups is 1. The van der Waals surface area contributed by atoms with E-state index in [2.05, 4.69) is 0 Å². The van der Waals surface area contributed by atoms with E-state index < -0.39 is 12.1 Å². The molecular weight excluding hydrogens is 157 g/mol. The molecule has 0 bridgehead atoms. The average Bonchev–Trinajstić information content (AvgIpc) is 2.32. The lowest BCUT2D eigenvalue weighted by molar-refractivity contribution is -0.173. The van der Waals surface area contributed by atoms with E-state index in [9.17, 15) is 18.0 Å². The lowest BCUT2D eigenvalue weighted by Gasteiger charge is -2.12. The summed E-state index contributed by atoms with van der Waals surface area (Å²) in [6.45, 7) is 0. The number of hydrogen-bond acceptors (Lipinski definition) is 1. The summed E-state index contributed by atoms with van der Waals surface area (Å²) in [4.78, 5) is 10.1. The van der Waals surface area contributed by atoms with Crippen LogP contribution in [0.4, 0.5) is 13.2 Å². The minimum atomic E-state index is -4.10. The van der Waals surface area contributed by atoms with Crippen LogP contribution in [0.2, 0.25) is 0 Å². The van der Waals surface area contributed by atoms with E-state index >= 15 is 0 Å². The fourth-order valence-corrected chi connectivity index (χ4v) is 1.44. The van der Waals surface area contributed by atoms with E-state index in [0.717, 1.165) is 0 Å². The highest BCUT2D eigenvalue weighted by Gasteiger charge is 2.43. The second-order valence-corrected chi connectivity index (χ2v) is 2.95. The van der Waals surface area contributed by atoms with Gasteiger partial charge in [0.25, 0.3) is 0 Å². The maximum atomic E-state index is 12.0. The Morgan fingerprint density at radius 3 is 2.18 bits per heavy atom. The van der Waals surface area contributed by atoms with Crippen LogP contribution in [0.5, 0.6) is 0 Å². The van der Waals surface area contributed by atoms with Crippen molar-refractivity contribution in [1.29, 1.82) is 0 Å². The van der Waals surface area contributed by atoms with Gasteiger partial charge in [0.1, 0.15) is 6.29 Å². The quantitative estimate of drug-likeness (QED) is 0.545. The van der Waals surface area contributed by atoms with Gasteiger partial charge < -0.3 is 4.79 Å². The monoisotopic (exact) mass is 166 g/mol. The second kappa shape index (κ2) is 2.83. The van der Waals surface area contributed by atoms with E-state index in [1.54, 1.807) is 0 Å². The lowest BCUT2D eigenvalue weighted by Crippen LogP contribution is -2.20. The molecule has 0 spiro atoms. The van der Waals surface area contributed by atoms with Crippen molar-refractivity contribution in [3.05, 3.63) is 0 Å². The van der Waals surface area contributed by atoms with Gasteiger partial charge in [-0.25, -0.2) is 0 Å². The first kappa shape index (κ1) is 8.56. The highest BCUT2D eigenvalue weighted by molar-refractivity contribution is 5.53. The van der Waals surface area contributed by atoms with E-state index in [1.807, 2.05) is 0 Å². The summed E-state index contributed by atoms with van der Waals surface area (Å²) in [5.74, 6) is -1.60. The van der Waals surface area contributed by atoms with Gasteiger partial charge in [0, 0.05) is 5.92 Å². The van der Waals surface area contributed by atoms with Crippen LogP contribution < -0.4 is 0 Å². The van der Waals surface area contributed by atoms with Crippen molar-refractivity contribution >= 4 is 6.29 Å². The first-order valence-corrected chi connectivity index (χ1v) is 3.56. The Balaban J connectivity index is 2.48. The highest BCUT2D eigenvalue weighted by atomic mass is 19.4. The van der Waals surface area contributed by atoms with Crippen molar-refractivity contribution < 1.29 is 18.0 Å². The van der Waals surface area contributed by atoms with Crippen LogP contribution in [-0.4, -0.2) is 12.5 Å². The molecule has 0 unspecified atom stereocenters. The highest BCUT2D eigenvalue weighted by Crippen LogP contribution is 2.40. The zero-order valence-electron chi connectivity index (χ0n) is 5.90. The third-order valence-electron chi connectivity index (χ3n) is 2.13. The van der Waals surface area contributed by atoms with Crippen LogP contribution in [0.15, 0.2) is 0 Å². The van der Waals surface area contributed by atoms with Crippen molar-refractivity contribution in [3.63, 3.8) is 0 Å². The number of alkyl halides is 3. The minimum absolute atomic E-state index is 0.00694. The molecule has 0 N–H and O–H groups in total. The number of carbonyl (C=O) groups excluding carboxylic acids is 1. The largest absolute Gasteiger partial charge is 0.391 e. The smallest absolute Gasteiger partial charge is 0.303 e. The summed E-state index contributed by atoms with van der Waals surface area (Å²) in [6.07, 6.45) is -2.96. The molecular formula is C7H9F3O. The van der Waals surface area contributed by atoms with Gasteiger partial charge in [0.05, 0.1) is 5.92 Å². The summed E-state index contributed by atoms with van der Waals surface area (Å²) >= 11 is 0. The van der Waals surface area contributed by atoms with Crippen molar-refractivity contribution in [2.24, 2.45) is 11.8 Å². The molecule has 0 heterocycles. The van der Waals surface area contributed by atoms with Crippen LogP contribution in [0.3, 0.4) is 0 Å². The number of hydrogen-bond donors (Lipinski definition) is 0. The minimum Gasteiger partial charge on any atom is -0.303 e. The first-order chi connectivity index (χ1) is 5.04. The number of halogens is 3. The fourth-order valence-electron chi connectivity index (χ4n) is 1.44. The Bertz CT molecular complexity index is 152. The molecule has 1 aliphatic rings. The van der Waals surface area contributed by atoms with Gasteiger partial charge in [0.2, 0.25) is 0 Å². The van der Waals surface area contributed by atoms with Gasteiger partial charge in [-0.15, -0.1) is 0 Å². The predicted octanol–water partition coefficient (Wildman–Crippen LogP) is 2.16. The number of rotatable bonds is 1. The van der Waals surface area contributed by atoms with E-state index in [1.165, 1.54) is 0 Å². The average molecular weight is 166 g/mol. The summed E-state index contributed by atoms with van der Waals surface area (Å²) in [7, 11) is 0. The van der Waals surface area contributed by atoms with Crippen LogP contribution in [-0.2, 0) is 4.79 Å². The normalized spacial score (nSPS) is 32.3. The molecule has 1 rings (SSSR count). The van der Waals surface area contributed by atoms with Crippen molar-refractivity contribution in [3.8, 4) is 0 Å². The Hall–Kier alpha value is -0.540. The molecule has 1 aliphatic carbocycles. The predicted molar refractivity (Wildman–Crippen MR) is 32.9 cm³/mol. The van der Waals surface area contributed by atoms with E-state index in [0.29, 0.717) is 12.7 Å². The summed E-state index contributed by atoms with van der Waals surface area (Å²) < 4.78 is 35.9. The molecule has 0 aromatic carbocycles. The molecule has 0 radical (unpaired) electrons. The SMILES string of the molecule is O=C[C@H]1CC[C@H](C(F)(F)F)C1. The van der Waals surface area contributed by atoms with Gasteiger partial charge >= 0.3 is 6.18 Å². The van der Waals surface area contributed by atoms with E-state index in [4.69, 9.17) is 0 Å². The Kier molecular flexibility index (Phi) is 2.20. The van der Waals surface area contributed by atoms with Crippen molar-refractivity contribution in [1.82, 2.24) is 0 Å². The van der Waals surface area contributed by atoms with Crippen LogP contribution >= 0.6 is 0 Å². The maximum absolute atomic E-state index is 12.0. The van der Waals surface area contributed by atoms with Gasteiger partial charge in [-0.2, -0.15) is 13.2 Å². The molecule has 11 heavy (non-hydrogen) atoms. The fraction of sp³-hybridized carbons (Fsp3) is 0.857. The topological polar surface area (TPSA) is 17.1 Å². The molecule has 1 nitrogen and oxygen atoms in total. The van der Waals surface area contributed by atoms with Gasteiger partial charge in [-0.1, -0.05) is 0 Å². The zero-order chi connectivity index (χ0) is 8.48. The third-order valence-corrected chi connectivity index (χ3v) is 2.13. The van der Waals surface area contributed by atoms with Gasteiger partial charge in [-0.3, -0.25) is 0 Å². The summed E-state index contributed by atoms with van der Waals surface area (Å²) in [5.41, 5.74) is 0. The molecule has 4 heteroatoms. The molecule has 0 saturated heterocycles. The van der Waals surface area contributed by atoms with Crippen LogP contribution in [0.1, 0.15) is 19.3 Å². The Labute approximate surface area is 62.6 Å². The summed E-state index contributed by atoms with van der Waals surface area (Å²) in [5, 5.41) is 0. The molecule has 1 fully saturated rings. The maximum Gasteiger partial charge on any atom is 0.391 e. The molecule has 2 atom stereocenters. The molecule has 0 amide bonds. The standard InChI is InChI=1S/C7H9F3O/c8-7(9,10)6-2-1-5(3-6)4-11/h4-6H,1-3H2/t5-,6-/m0/s1. The third kappa shape index (κ3) is 1.94.